The SMILES string of the molecule is CCn1cnnc1-c1ccccc1NC(=O)CNCC1CC1.Cl. The number of anilines is 1. The molecule has 0 saturated heterocycles. The average molecular weight is 336 g/mol. The zero-order chi connectivity index (χ0) is 15.4. The van der Waals surface area contributed by atoms with Gasteiger partial charge >= 0.3 is 0 Å². The summed E-state index contributed by atoms with van der Waals surface area (Å²) in [5.41, 5.74) is 1.65. The van der Waals surface area contributed by atoms with E-state index in [2.05, 4.69) is 20.8 Å². The van der Waals surface area contributed by atoms with Gasteiger partial charge in [-0.3, -0.25) is 4.79 Å². The van der Waals surface area contributed by atoms with E-state index in [0.717, 1.165) is 36.1 Å². The van der Waals surface area contributed by atoms with Crippen molar-refractivity contribution in [3.8, 4) is 11.4 Å². The minimum atomic E-state index is -0.0318. The van der Waals surface area contributed by atoms with Crippen LogP contribution in [0.2, 0.25) is 0 Å². The van der Waals surface area contributed by atoms with Crippen LogP contribution in [0.25, 0.3) is 11.4 Å². The van der Waals surface area contributed by atoms with Crippen LogP contribution in [0.1, 0.15) is 19.8 Å². The largest absolute Gasteiger partial charge is 0.324 e. The summed E-state index contributed by atoms with van der Waals surface area (Å²) in [6.07, 6.45) is 4.26. The molecule has 1 aromatic carbocycles. The van der Waals surface area contributed by atoms with Gasteiger partial charge in [-0.05, 0) is 44.4 Å². The van der Waals surface area contributed by atoms with Crippen LogP contribution in [0.5, 0.6) is 0 Å². The van der Waals surface area contributed by atoms with E-state index in [4.69, 9.17) is 0 Å². The van der Waals surface area contributed by atoms with E-state index in [9.17, 15) is 4.79 Å². The molecular formula is C16H22ClN5O. The molecule has 0 aliphatic heterocycles. The van der Waals surface area contributed by atoms with Crippen molar-refractivity contribution in [2.45, 2.75) is 26.3 Å². The van der Waals surface area contributed by atoms with Crippen LogP contribution >= 0.6 is 12.4 Å². The molecule has 6 nitrogen and oxygen atoms in total. The van der Waals surface area contributed by atoms with Crippen LogP contribution in [-0.4, -0.2) is 33.8 Å². The number of nitrogens with one attached hydrogen (secondary N) is 2. The number of benzene rings is 1. The Morgan fingerprint density at radius 3 is 2.87 bits per heavy atom. The summed E-state index contributed by atoms with van der Waals surface area (Å²) in [4.78, 5) is 12.1. The summed E-state index contributed by atoms with van der Waals surface area (Å²) in [5, 5.41) is 14.3. The summed E-state index contributed by atoms with van der Waals surface area (Å²) in [7, 11) is 0. The molecule has 23 heavy (non-hydrogen) atoms. The number of nitrogens with zero attached hydrogens (tertiary/aromatic N) is 3. The van der Waals surface area contributed by atoms with E-state index >= 15 is 0 Å². The Morgan fingerprint density at radius 2 is 2.13 bits per heavy atom. The molecule has 0 spiro atoms. The highest BCUT2D eigenvalue weighted by atomic mass is 35.5. The van der Waals surface area contributed by atoms with Crippen molar-refractivity contribution >= 4 is 24.0 Å². The first-order valence-electron chi connectivity index (χ1n) is 7.75. The van der Waals surface area contributed by atoms with Gasteiger partial charge < -0.3 is 15.2 Å². The first-order chi connectivity index (χ1) is 10.8. The molecule has 1 aliphatic rings. The number of hydrogen-bond donors (Lipinski definition) is 2. The maximum Gasteiger partial charge on any atom is 0.238 e. The van der Waals surface area contributed by atoms with E-state index in [1.165, 1.54) is 12.8 Å². The normalized spacial score (nSPS) is 13.4. The fourth-order valence-electron chi connectivity index (χ4n) is 2.39. The van der Waals surface area contributed by atoms with Gasteiger partial charge in [-0.2, -0.15) is 0 Å². The van der Waals surface area contributed by atoms with Gasteiger partial charge in [-0.15, -0.1) is 22.6 Å². The minimum absolute atomic E-state index is 0. The Balaban J connectivity index is 0.00000192. The van der Waals surface area contributed by atoms with Gasteiger partial charge in [0.2, 0.25) is 5.91 Å². The number of amides is 1. The van der Waals surface area contributed by atoms with Gasteiger partial charge in [-0.25, -0.2) is 0 Å². The maximum atomic E-state index is 12.1. The molecule has 0 atom stereocenters. The van der Waals surface area contributed by atoms with Crippen molar-refractivity contribution in [2.24, 2.45) is 5.92 Å². The fourth-order valence-corrected chi connectivity index (χ4v) is 2.39. The van der Waals surface area contributed by atoms with E-state index in [0.29, 0.717) is 6.54 Å². The zero-order valence-corrected chi connectivity index (χ0v) is 14.0. The van der Waals surface area contributed by atoms with Crippen LogP contribution in [0.4, 0.5) is 5.69 Å². The Hall–Kier alpha value is -1.92. The number of aromatic nitrogens is 3. The second kappa shape index (κ2) is 8.08. The molecule has 124 valence electrons. The van der Waals surface area contributed by atoms with Gasteiger partial charge in [0.05, 0.1) is 12.2 Å². The Morgan fingerprint density at radius 1 is 1.35 bits per heavy atom. The van der Waals surface area contributed by atoms with E-state index in [1.54, 1.807) is 6.33 Å². The fraction of sp³-hybridized carbons (Fsp3) is 0.438. The first kappa shape index (κ1) is 17.4. The average Bonchev–Trinajstić information content (AvgIpc) is 3.22. The molecule has 1 heterocycles. The first-order valence-corrected chi connectivity index (χ1v) is 7.75. The molecule has 2 N–H and O–H groups in total. The van der Waals surface area contributed by atoms with Crippen LogP contribution in [-0.2, 0) is 11.3 Å². The van der Waals surface area contributed by atoms with Crippen molar-refractivity contribution < 1.29 is 4.79 Å². The van der Waals surface area contributed by atoms with E-state index < -0.39 is 0 Å². The van der Waals surface area contributed by atoms with Crippen LogP contribution in [0.3, 0.4) is 0 Å². The number of carbonyl (C=O) groups is 1. The van der Waals surface area contributed by atoms with Gasteiger partial charge in [0, 0.05) is 12.1 Å². The van der Waals surface area contributed by atoms with Crippen molar-refractivity contribution in [3.05, 3.63) is 30.6 Å². The van der Waals surface area contributed by atoms with Crippen molar-refractivity contribution in [3.63, 3.8) is 0 Å². The quantitative estimate of drug-likeness (QED) is 0.814. The Bertz CT molecular complexity index is 653. The highest BCUT2D eigenvalue weighted by Gasteiger charge is 2.20. The number of aryl methyl sites for hydroxylation is 1. The summed E-state index contributed by atoms with van der Waals surface area (Å²) >= 11 is 0. The highest BCUT2D eigenvalue weighted by Crippen LogP contribution is 2.27. The highest BCUT2D eigenvalue weighted by molar-refractivity contribution is 5.95. The summed E-state index contributed by atoms with van der Waals surface area (Å²) < 4.78 is 1.95. The summed E-state index contributed by atoms with van der Waals surface area (Å²) in [5.74, 6) is 1.50. The molecule has 7 heteroatoms. The molecule has 1 aromatic heterocycles. The Kier molecular flexibility index (Phi) is 6.12. The lowest BCUT2D eigenvalue weighted by Crippen LogP contribution is -2.29. The third kappa shape index (κ3) is 4.53. The lowest BCUT2D eigenvalue weighted by molar-refractivity contribution is -0.115. The summed E-state index contributed by atoms with van der Waals surface area (Å²) in [6.45, 7) is 4.09. The third-order valence-corrected chi connectivity index (χ3v) is 3.81. The van der Waals surface area contributed by atoms with Crippen molar-refractivity contribution in [1.82, 2.24) is 20.1 Å². The predicted octanol–water partition coefficient (Wildman–Crippen LogP) is 2.32. The topological polar surface area (TPSA) is 71.8 Å². The molecular weight excluding hydrogens is 314 g/mol. The number of carbonyl (C=O) groups excluding carboxylic acids is 1. The van der Waals surface area contributed by atoms with Gasteiger partial charge in [0.25, 0.3) is 0 Å². The number of halogens is 1. The molecule has 0 radical (unpaired) electrons. The monoisotopic (exact) mass is 335 g/mol. The molecule has 0 unspecified atom stereocenters. The molecule has 2 aromatic rings. The van der Waals surface area contributed by atoms with Gasteiger partial charge in [0.15, 0.2) is 5.82 Å². The number of hydrogen-bond acceptors (Lipinski definition) is 4. The second-order valence-corrected chi connectivity index (χ2v) is 5.61. The Labute approximate surface area is 142 Å². The van der Waals surface area contributed by atoms with E-state index in [1.807, 2.05) is 35.8 Å². The molecule has 3 rings (SSSR count). The smallest absolute Gasteiger partial charge is 0.238 e. The van der Waals surface area contributed by atoms with Gasteiger partial charge in [0.1, 0.15) is 6.33 Å². The number of para-hydroxylation sites is 1. The van der Waals surface area contributed by atoms with Crippen LogP contribution < -0.4 is 10.6 Å². The maximum absolute atomic E-state index is 12.1. The minimum Gasteiger partial charge on any atom is -0.324 e. The molecule has 1 saturated carbocycles. The molecule has 1 fully saturated rings. The number of rotatable bonds is 7. The lowest BCUT2D eigenvalue weighted by atomic mass is 10.1. The van der Waals surface area contributed by atoms with Crippen LogP contribution in [0.15, 0.2) is 30.6 Å². The van der Waals surface area contributed by atoms with Crippen molar-refractivity contribution in [2.75, 3.05) is 18.4 Å². The zero-order valence-electron chi connectivity index (χ0n) is 13.2. The summed E-state index contributed by atoms with van der Waals surface area (Å²) in [6, 6.07) is 7.68. The van der Waals surface area contributed by atoms with Crippen LogP contribution in [0, 0.1) is 5.92 Å². The van der Waals surface area contributed by atoms with Gasteiger partial charge in [-0.1, -0.05) is 12.1 Å². The van der Waals surface area contributed by atoms with Crippen molar-refractivity contribution in [1.29, 1.82) is 0 Å². The van der Waals surface area contributed by atoms with E-state index in [-0.39, 0.29) is 18.3 Å². The second-order valence-electron chi connectivity index (χ2n) is 5.61. The molecule has 1 aliphatic carbocycles. The lowest BCUT2D eigenvalue weighted by Gasteiger charge is -2.11. The predicted molar refractivity (Wildman–Crippen MR) is 92.6 cm³/mol. The molecule has 0 bridgehead atoms. The standard InChI is InChI=1S/C16H21N5O.ClH/c1-2-21-11-18-20-16(21)13-5-3-4-6-14(13)19-15(22)10-17-9-12-7-8-12;/h3-6,11-12,17H,2,7-10H2,1H3,(H,19,22);1H. The third-order valence-electron chi connectivity index (χ3n) is 3.81. The molecule has 1 amide bonds.